The van der Waals surface area contributed by atoms with Crippen molar-refractivity contribution in [3.8, 4) is 0 Å². The molecule has 2 atom stereocenters. The summed E-state index contributed by atoms with van der Waals surface area (Å²) in [5, 5.41) is 22.9. The Balaban J connectivity index is 2.01. The molecule has 0 bridgehead atoms. The van der Waals surface area contributed by atoms with E-state index >= 15 is 0 Å². The standard InChI is InChI=1S/C18H12ClN3O3/c19-13-8-6-12(7-9-13)15(22-20)18(25)16(23)14(21-17(18)24)10-11-4-2-1-3-5-11/h1-10,15,25H/p+1/b14-10-. The molecule has 0 spiro atoms. The number of benzene rings is 2. The van der Waals surface area contributed by atoms with Gasteiger partial charge in [0, 0.05) is 10.6 Å². The first kappa shape index (κ1) is 16.8. The van der Waals surface area contributed by atoms with E-state index in [1.54, 1.807) is 24.3 Å². The molecule has 0 radical (unpaired) electrons. The molecule has 3 rings (SSSR count). The fourth-order valence-corrected chi connectivity index (χ4v) is 2.81. The fraction of sp³-hybridized carbons (Fsp3) is 0.111. The predicted molar refractivity (Wildman–Crippen MR) is 91.8 cm³/mol. The number of aliphatic hydroxyl groups is 1. The molecule has 124 valence electrons. The van der Waals surface area contributed by atoms with Crippen LogP contribution in [0.4, 0.5) is 0 Å². The molecule has 6 nitrogen and oxygen atoms in total. The number of amides is 1. The zero-order valence-electron chi connectivity index (χ0n) is 12.9. The molecule has 2 N–H and O–H groups in total. The van der Waals surface area contributed by atoms with Crippen LogP contribution in [0.3, 0.4) is 0 Å². The van der Waals surface area contributed by atoms with E-state index in [0.29, 0.717) is 10.6 Å². The number of hydrogen-bond donors (Lipinski definition) is 2. The Morgan fingerprint density at radius 2 is 1.76 bits per heavy atom. The molecule has 1 saturated heterocycles. The van der Waals surface area contributed by atoms with E-state index in [1.165, 1.54) is 30.3 Å². The van der Waals surface area contributed by atoms with Gasteiger partial charge >= 0.3 is 6.04 Å². The summed E-state index contributed by atoms with van der Waals surface area (Å²) in [6, 6.07) is 13.4. The van der Waals surface area contributed by atoms with Crippen LogP contribution in [0, 0.1) is 5.39 Å². The van der Waals surface area contributed by atoms with Gasteiger partial charge in [-0.2, -0.15) is 0 Å². The van der Waals surface area contributed by atoms with Gasteiger partial charge in [0.1, 0.15) is 4.98 Å². The first-order valence-corrected chi connectivity index (χ1v) is 7.79. The van der Waals surface area contributed by atoms with Crippen molar-refractivity contribution in [1.29, 1.82) is 5.39 Å². The minimum Gasteiger partial charge on any atom is -0.366 e. The van der Waals surface area contributed by atoms with Crippen LogP contribution >= 0.6 is 11.6 Å². The van der Waals surface area contributed by atoms with Gasteiger partial charge < -0.3 is 10.4 Å². The van der Waals surface area contributed by atoms with Crippen LogP contribution in [-0.2, 0) is 9.59 Å². The number of rotatable bonds is 3. The summed E-state index contributed by atoms with van der Waals surface area (Å²) in [6.45, 7) is 0. The second-order valence-corrected chi connectivity index (χ2v) is 6.02. The minimum atomic E-state index is -2.54. The molecule has 2 aromatic rings. The average molecular weight is 355 g/mol. The summed E-state index contributed by atoms with van der Waals surface area (Å²) in [7, 11) is 0. The molecule has 1 aliphatic rings. The third-order valence-electron chi connectivity index (χ3n) is 3.99. The molecule has 1 heterocycles. The van der Waals surface area contributed by atoms with E-state index in [4.69, 9.17) is 11.6 Å². The predicted octanol–water partition coefficient (Wildman–Crippen LogP) is 2.71. The maximum atomic E-state index is 12.7. The number of nitrogens with zero attached hydrogens (tertiary/aromatic N) is 2. The molecule has 2 aromatic carbocycles. The van der Waals surface area contributed by atoms with Crippen molar-refractivity contribution in [2.24, 2.45) is 0 Å². The third-order valence-corrected chi connectivity index (χ3v) is 4.24. The summed E-state index contributed by atoms with van der Waals surface area (Å²) in [6.07, 6.45) is 1.45. The van der Waals surface area contributed by atoms with Crippen molar-refractivity contribution in [3.63, 3.8) is 0 Å². The van der Waals surface area contributed by atoms with Gasteiger partial charge in [-0.15, -0.1) is 0 Å². The Labute approximate surface area is 148 Å². The zero-order chi connectivity index (χ0) is 18.0. The van der Waals surface area contributed by atoms with Crippen LogP contribution in [0.15, 0.2) is 60.3 Å². The Morgan fingerprint density at radius 3 is 2.36 bits per heavy atom. The van der Waals surface area contributed by atoms with Gasteiger partial charge in [0.15, 0.2) is 0 Å². The van der Waals surface area contributed by atoms with Crippen molar-refractivity contribution >= 4 is 29.4 Å². The van der Waals surface area contributed by atoms with E-state index in [0.717, 1.165) is 0 Å². The van der Waals surface area contributed by atoms with Crippen LogP contribution in [-0.4, -0.2) is 22.4 Å². The maximum Gasteiger partial charge on any atom is 0.383 e. The second-order valence-electron chi connectivity index (χ2n) is 5.59. The number of nitrogens with one attached hydrogen (secondary N) is 1. The molecular formula is C18H13ClN3O3+. The van der Waals surface area contributed by atoms with E-state index in [2.05, 4.69) is 10.3 Å². The summed E-state index contributed by atoms with van der Waals surface area (Å²) < 4.78 is 0. The third kappa shape index (κ3) is 2.91. The highest BCUT2D eigenvalue weighted by molar-refractivity contribution is 6.30. The highest BCUT2D eigenvalue weighted by Crippen LogP contribution is 2.36. The zero-order valence-corrected chi connectivity index (χ0v) is 13.6. The van der Waals surface area contributed by atoms with Gasteiger partial charge in [0.25, 0.3) is 11.5 Å². The molecule has 1 amide bonds. The van der Waals surface area contributed by atoms with Crippen molar-refractivity contribution < 1.29 is 14.7 Å². The Bertz CT molecular complexity index is 903. The van der Waals surface area contributed by atoms with Gasteiger partial charge in [-0.3, -0.25) is 9.59 Å². The number of diazo groups is 1. The molecule has 0 aromatic heterocycles. The summed E-state index contributed by atoms with van der Waals surface area (Å²) in [5.74, 6) is -1.81. The van der Waals surface area contributed by atoms with Gasteiger partial charge in [-0.25, -0.2) is 0 Å². The lowest BCUT2D eigenvalue weighted by Crippen LogP contribution is -2.47. The van der Waals surface area contributed by atoms with Crippen LogP contribution in [0.2, 0.25) is 5.02 Å². The number of hydrogen-bond acceptors (Lipinski definition) is 4. The lowest BCUT2D eigenvalue weighted by Gasteiger charge is -2.14. The number of carbonyl (C=O) groups excluding carboxylic acids is 2. The van der Waals surface area contributed by atoms with Gasteiger partial charge in [0.2, 0.25) is 11.2 Å². The molecule has 1 aliphatic heterocycles. The van der Waals surface area contributed by atoms with E-state index in [9.17, 15) is 20.1 Å². The SMILES string of the molecule is N#[N+]C(c1ccc(Cl)cc1)C1(O)C(=O)N/C(=C\c2ccccc2)C1=O. The van der Waals surface area contributed by atoms with Crippen molar-refractivity contribution in [1.82, 2.24) is 5.32 Å². The molecule has 25 heavy (non-hydrogen) atoms. The first-order chi connectivity index (χ1) is 12.0. The lowest BCUT2D eigenvalue weighted by molar-refractivity contribution is -0.145. The van der Waals surface area contributed by atoms with Gasteiger partial charge in [0.05, 0.1) is 5.70 Å². The highest BCUT2D eigenvalue weighted by atomic mass is 35.5. The summed E-state index contributed by atoms with van der Waals surface area (Å²) in [5.41, 5.74) is -1.65. The largest absolute Gasteiger partial charge is 0.383 e. The summed E-state index contributed by atoms with van der Waals surface area (Å²) >= 11 is 5.81. The van der Waals surface area contributed by atoms with Crippen LogP contribution in [0.5, 0.6) is 0 Å². The highest BCUT2D eigenvalue weighted by Gasteiger charge is 2.64. The number of carbonyl (C=O) groups is 2. The normalized spacial score (nSPS) is 22.5. The maximum absolute atomic E-state index is 12.7. The minimum absolute atomic E-state index is 0.0682. The number of ketones is 1. The number of halogens is 1. The quantitative estimate of drug-likeness (QED) is 0.503. The van der Waals surface area contributed by atoms with Gasteiger partial charge in [-0.05, 0) is 35.9 Å². The van der Waals surface area contributed by atoms with Gasteiger partial charge in [-0.1, -0.05) is 41.9 Å². The molecule has 2 unspecified atom stereocenters. The molecule has 7 heteroatoms. The van der Waals surface area contributed by atoms with E-state index in [1.807, 2.05) is 6.07 Å². The fourth-order valence-electron chi connectivity index (χ4n) is 2.69. The molecule has 0 aliphatic carbocycles. The Hall–Kier alpha value is -3.01. The lowest BCUT2D eigenvalue weighted by atomic mass is 9.86. The van der Waals surface area contributed by atoms with Crippen LogP contribution < -0.4 is 5.32 Å². The van der Waals surface area contributed by atoms with Crippen molar-refractivity contribution in [3.05, 3.63) is 81.4 Å². The van der Waals surface area contributed by atoms with Crippen molar-refractivity contribution in [2.45, 2.75) is 11.6 Å². The summed E-state index contributed by atoms with van der Waals surface area (Å²) in [4.78, 5) is 28.1. The topological polar surface area (TPSA) is 94.5 Å². The molecule has 1 fully saturated rings. The smallest absolute Gasteiger partial charge is 0.366 e. The Kier molecular flexibility index (Phi) is 4.36. The van der Waals surface area contributed by atoms with Crippen molar-refractivity contribution in [2.75, 3.05) is 0 Å². The average Bonchev–Trinajstić information content (AvgIpc) is 2.83. The van der Waals surface area contributed by atoms with E-state index in [-0.39, 0.29) is 11.3 Å². The second kappa shape index (κ2) is 6.48. The van der Waals surface area contributed by atoms with Crippen LogP contribution in [0.25, 0.3) is 11.1 Å². The Morgan fingerprint density at radius 1 is 1.12 bits per heavy atom. The molecular weight excluding hydrogens is 342 g/mol. The van der Waals surface area contributed by atoms with Crippen LogP contribution in [0.1, 0.15) is 17.2 Å². The number of Topliss-reactive ketones (excluding diaryl/α,β-unsaturated/α-hetero) is 1. The molecule has 0 saturated carbocycles. The van der Waals surface area contributed by atoms with E-state index < -0.39 is 23.3 Å². The first-order valence-electron chi connectivity index (χ1n) is 7.42. The monoisotopic (exact) mass is 354 g/mol.